The molecule has 2 nitrogen and oxygen atoms in total. The highest BCUT2D eigenvalue weighted by Crippen LogP contribution is 2.71. The molecule has 15 heavy (non-hydrogen) atoms. The molecule has 0 aromatic heterocycles. The maximum Gasteiger partial charge on any atom is 0.229 e. The molecule has 2 aliphatic rings. The summed E-state index contributed by atoms with van der Waals surface area (Å²) in [5, 5.41) is 0. The van der Waals surface area contributed by atoms with Crippen LogP contribution in [-0.4, -0.2) is 11.6 Å². The zero-order valence-corrected chi connectivity index (χ0v) is 10.2. The first kappa shape index (κ1) is 11.4. The summed E-state index contributed by atoms with van der Waals surface area (Å²) in [6, 6.07) is 0. The van der Waals surface area contributed by atoms with Crippen molar-refractivity contribution in [3.63, 3.8) is 0 Å². The molecule has 0 saturated carbocycles. The highest BCUT2D eigenvalue weighted by atomic mass is 17.0. The lowest BCUT2D eigenvalue weighted by atomic mass is 10.1. The molecular weight excluding hydrogens is 188 g/mol. The molecule has 0 amide bonds. The molecule has 2 aliphatic heterocycles. The van der Waals surface area contributed by atoms with Gasteiger partial charge in [0.15, 0.2) is 0 Å². The predicted octanol–water partition coefficient (Wildman–Crippen LogP) is 3.99. The molecule has 0 spiro atoms. The Morgan fingerprint density at radius 1 is 0.667 bits per heavy atom. The van der Waals surface area contributed by atoms with Crippen molar-refractivity contribution in [1.29, 1.82) is 0 Å². The summed E-state index contributed by atoms with van der Waals surface area (Å²) in [5.74, 6) is -0.182. The van der Waals surface area contributed by atoms with Gasteiger partial charge in [0.2, 0.25) is 11.6 Å². The van der Waals surface area contributed by atoms with Crippen molar-refractivity contribution < 1.29 is 9.47 Å². The van der Waals surface area contributed by atoms with Crippen LogP contribution in [0.3, 0.4) is 0 Å². The summed E-state index contributed by atoms with van der Waals surface area (Å²) in [7, 11) is 0. The van der Waals surface area contributed by atoms with Crippen LogP contribution >= 0.6 is 0 Å². The van der Waals surface area contributed by atoms with E-state index in [9.17, 15) is 0 Å². The van der Waals surface area contributed by atoms with Crippen LogP contribution in [0.5, 0.6) is 0 Å². The summed E-state index contributed by atoms with van der Waals surface area (Å²) >= 11 is 0. The molecule has 0 radical (unpaired) electrons. The molecular formula is C13H24O2. The average Bonchev–Trinajstić information content (AvgIpc) is 2.98. The second-order valence-electron chi connectivity index (χ2n) is 4.98. The van der Waals surface area contributed by atoms with Crippen LogP contribution in [0.25, 0.3) is 0 Å². The summed E-state index contributed by atoms with van der Waals surface area (Å²) in [6.07, 6.45) is 11.5. The minimum Gasteiger partial charge on any atom is -0.307 e. The second-order valence-corrected chi connectivity index (χ2v) is 4.98. The van der Waals surface area contributed by atoms with E-state index in [1.165, 1.54) is 38.5 Å². The van der Waals surface area contributed by atoms with E-state index in [4.69, 9.17) is 9.47 Å². The zero-order chi connectivity index (χ0) is 10.8. The topological polar surface area (TPSA) is 25.1 Å². The minimum atomic E-state index is -0.0921. The Hall–Kier alpha value is -0.0800. The number of fused-ring (bicyclic) bond motifs is 1. The lowest BCUT2D eigenvalue weighted by Crippen LogP contribution is -1.98. The Bertz CT molecular complexity index is 207. The van der Waals surface area contributed by atoms with E-state index in [-0.39, 0.29) is 11.6 Å². The maximum absolute atomic E-state index is 5.63. The van der Waals surface area contributed by atoms with E-state index in [0.29, 0.717) is 0 Å². The van der Waals surface area contributed by atoms with Crippen molar-refractivity contribution >= 4 is 0 Å². The maximum atomic E-state index is 5.63. The standard InChI is InChI=1S/C13H24O2/c1-3-5-6-7-8-9-11-13-12(14-13,15-13)10-4-2/h3-11H2,1-2H3. The molecule has 0 unspecified atom stereocenters. The third-order valence-electron chi connectivity index (χ3n) is 3.60. The van der Waals surface area contributed by atoms with Gasteiger partial charge in [0.05, 0.1) is 0 Å². The normalized spacial score (nSPS) is 36.4. The second kappa shape index (κ2) is 4.42. The van der Waals surface area contributed by atoms with Crippen LogP contribution in [0, 0.1) is 0 Å². The lowest BCUT2D eigenvalue weighted by molar-refractivity contribution is -0.102. The van der Waals surface area contributed by atoms with Gasteiger partial charge in [-0.15, -0.1) is 0 Å². The highest BCUT2D eigenvalue weighted by molar-refractivity contribution is 5.17. The fourth-order valence-corrected chi connectivity index (χ4v) is 2.54. The van der Waals surface area contributed by atoms with E-state index in [0.717, 1.165) is 19.3 Å². The van der Waals surface area contributed by atoms with Crippen molar-refractivity contribution in [2.45, 2.75) is 83.2 Å². The van der Waals surface area contributed by atoms with Crippen LogP contribution in [-0.2, 0) is 9.47 Å². The largest absolute Gasteiger partial charge is 0.307 e. The quantitative estimate of drug-likeness (QED) is 0.426. The first-order valence-electron chi connectivity index (χ1n) is 6.69. The molecule has 0 N–H and O–H groups in total. The number of ether oxygens (including phenoxy) is 2. The number of rotatable bonds is 9. The van der Waals surface area contributed by atoms with Gasteiger partial charge in [-0.2, -0.15) is 0 Å². The molecule has 2 fully saturated rings. The predicted molar refractivity (Wildman–Crippen MR) is 60.5 cm³/mol. The van der Waals surface area contributed by atoms with Crippen LogP contribution in [0.4, 0.5) is 0 Å². The Morgan fingerprint density at radius 3 is 1.93 bits per heavy atom. The molecule has 0 atom stereocenters. The Labute approximate surface area is 93.3 Å². The van der Waals surface area contributed by atoms with Crippen molar-refractivity contribution in [1.82, 2.24) is 0 Å². The van der Waals surface area contributed by atoms with Crippen LogP contribution in [0.15, 0.2) is 0 Å². The van der Waals surface area contributed by atoms with Gasteiger partial charge in [-0.05, 0) is 6.42 Å². The molecule has 0 aliphatic carbocycles. The van der Waals surface area contributed by atoms with Gasteiger partial charge >= 0.3 is 0 Å². The monoisotopic (exact) mass is 212 g/mol. The molecule has 0 aromatic carbocycles. The molecule has 2 rings (SSSR count). The molecule has 2 heteroatoms. The van der Waals surface area contributed by atoms with Crippen molar-refractivity contribution in [3.05, 3.63) is 0 Å². The van der Waals surface area contributed by atoms with Gasteiger partial charge in [0.1, 0.15) is 0 Å². The molecule has 0 bridgehead atoms. The highest BCUT2D eigenvalue weighted by Gasteiger charge is 2.89. The molecule has 0 aromatic rings. The van der Waals surface area contributed by atoms with Crippen molar-refractivity contribution in [3.8, 4) is 0 Å². The van der Waals surface area contributed by atoms with Gasteiger partial charge in [0.25, 0.3) is 0 Å². The summed E-state index contributed by atoms with van der Waals surface area (Å²) < 4.78 is 11.3. The van der Waals surface area contributed by atoms with Gasteiger partial charge in [0, 0.05) is 12.8 Å². The summed E-state index contributed by atoms with van der Waals surface area (Å²) in [6.45, 7) is 4.45. The van der Waals surface area contributed by atoms with Crippen LogP contribution < -0.4 is 0 Å². The van der Waals surface area contributed by atoms with E-state index in [1.54, 1.807) is 0 Å². The van der Waals surface area contributed by atoms with E-state index < -0.39 is 0 Å². The number of epoxide rings is 2. The zero-order valence-electron chi connectivity index (χ0n) is 10.2. The molecule has 2 saturated heterocycles. The van der Waals surface area contributed by atoms with Crippen LogP contribution in [0.2, 0.25) is 0 Å². The van der Waals surface area contributed by atoms with E-state index in [2.05, 4.69) is 13.8 Å². The Kier molecular flexibility index (Phi) is 3.36. The van der Waals surface area contributed by atoms with Gasteiger partial charge in [-0.3, -0.25) is 0 Å². The van der Waals surface area contributed by atoms with E-state index in [1.807, 2.05) is 0 Å². The number of hydrogen-bond acceptors (Lipinski definition) is 2. The smallest absolute Gasteiger partial charge is 0.229 e. The van der Waals surface area contributed by atoms with E-state index >= 15 is 0 Å². The number of hydrogen-bond donors (Lipinski definition) is 0. The minimum absolute atomic E-state index is 0.0895. The Morgan fingerprint density at radius 2 is 1.27 bits per heavy atom. The SMILES string of the molecule is CCCCCCCCC12OC1(CCC)O2. The van der Waals surface area contributed by atoms with Crippen molar-refractivity contribution in [2.75, 3.05) is 0 Å². The van der Waals surface area contributed by atoms with Gasteiger partial charge < -0.3 is 9.47 Å². The first-order valence-corrected chi connectivity index (χ1v) is 6.69. The van der Waals surface area contributed by atoms with Crippen molar-refractivity contribution in [2.24, 2.45) is 0 Å². The number of unbranched alkanes of at least 4 members (excludes halogenated alkanes) is 5. The average molecular weight is 212 g/mol. The lowest BCUT2D eigenvalue weighted by Gasteiger charge is -2.01. The summed E-state index contributed by atoms with van der Waals surface area (Å²) in [4.78, 5) is 0. The first-order chi connectivity index (χ1) is 7.29. The van der Waals surface area contributed by atoms with Gasteiger partial charge in [-0.1, -0.05) is 52.4 Å². The summed E-state index contributed by atoms with van der Waals surface area (Å²) in [5.41, 5.74) is 0. The molecule has 88 valence electrons. The third kappa shape index (κ3) is 2.21. The Balaban J connectivity index is 1.47. The molecule has 2 heterocycles. The van der Waals surface area contributed by atoms with Gasteiger partial charge in [-0.25, -0.2) is 0 Å². The van der Waals surface area contributed by atoms with Crippen LogP contribution in [0.1, 0.15) is 71.6 Å². The fraction of sp³-hybridized carbons (Fsp3) is 1.00. The fourth-order valence-electron chi connectivity index (χ4n) is 2.54. The third-order valence-corrected chi connectivity index (χ3v) is 3.60.